The standard InChI is InChI=1S/C17H17Cl2N3O3/c1-10-14(12-7-11(18)8-13(19)16(12)24)22(17(25)15(10)23)5-2-4-21-6-3-20-9-21/h3,6-9,23-25H,2,4-5H2,1H3. The summed E-state index contributed by atoms with van der Waals surface area (Å²) in [7, 11) is 0. The van der Waals surface area contributed by atoms with Gasteiger partial charge in [0.25, 0.3) is 0 Å². The molecule has 3 rings (SSSR count). The van der Waals surface area contributed by atoms with Gasteiger partial charge in [0.2, 0.25) is 5.88 Å². The Morgan fingerprint density at radius 3 is 2.52 bits per heavy atom. The molecule has 0 aliphatic rings. The predicted molar refractivity (Wildman–Crippen MR) is 96.5 cm³/mol. The zero-order valence-electron chi connectivity index (χ0n) is 13.4. The van der Waals surface area contributed by atoms with Crippen LogP contribution in [0, 0.1) is 6.92 Å². The van der Waals surface area contributed by atoms with E-state index in [0.717, 1.165) is 0 Å². The molecule has 1 aromatic carbocycles. The molecule has 3 aromatic rings. The maximum atomic E-state index is 10.3. The Morgan fingerprint density at radius 2 is 1.84 bits per heavy atom. The fourth-order valence-corrected chi connectivity index (χ4v) is 3.35. The van der Waals surface area contributed by atoms with E-state index in [2.05, 4.69) is 4.98 Å². The normalized spacial score (nSPS) is 11.2. The number of nitrogens with zero attached hydrogens (tertiary/aromatic N) is 3. The van der Waals surface area contributed by atoms with Gasteiger partial charge in [-0.1, -0.05) is 23.2 Å². The summed E-state index contributed by atoms with van der Waals surface area (Å²) in [6, 6.07) is 2.99. The van der Waals surface area contributed by atoms with Gasteiger partial charge < -0.3 is 24.5 Å². The second kappa shape index (κ2) is 6.90. The third-order valence-electron chi connectivity index (χ3n) is 4.09. The number of aryl methyl sites for hydroxylation is 1. The molecule has 0 unspecified atom stereocenters. The van der Waals surface area contributed by atoms with Crippen molar-refractivity contribution in [2.24, 2.45) is 0 Å². The average molecular weight is 382 g/mol. The lowest BCUT2D eigenvalue weighted by Gasteiger charge is -2.14. The van der Waals surface area contributed by atoms with Crippen molar-refractivity contribution in [1.29, 1.82) is 0 Å². The number of aromatic nitrogens is 3. The van der Waals surface area contributed by atoms with Gasteiger partial charge in [-0.2, -0.15) is 0 Å². The van der Waals surface area contributed by atoms with E-state index in [1.54, 1.807) is 30.1 Å². The molecule has 0 amide bonds. The van der Waals surface area contributed by atoms with Gasteiger partial charge in [-0.15, -0.1) is 0 Å². The Hall–Kier alpha value is -2.31. The van der Waals surface area contributed by atoms with Gasteiger partial charge in [-0.25, -0.2) is 4.98 Å². The van der Waals surface area contributed by atoms with Crippen LogP contribution in [-0.2, 0) is 13.1 Å². The fraction of sp³-hybridized carbons (Fsp3) is 0.235. The molecule has 0 aliphatic carbocycles. The maximum Gasteiger partial charge on any atom is 0.235 e. The number of benzene rings is 1. The van der Waals surface area contributed by atoms with Crippen molar-refractivity contribution in [3.63, 3.8) is 0 Å². The highest BCUT2D eigenvalue weighted by molar-refractivity contribution is 6.36. The van der Waals surface area contributed by atoms with E-state index in [1.807, 2.05) is 10.8 Å². The third kappa shape index (κ3) is 3.27. The molecule has 0 saturated carbocycles. The molecule has 0 spiro atoms. The summed E-state index contributed by atoms with van der Waals surface area (Å²) < 4.78 is 3.46. The van der Waals surface area contributed by atoms with Crippen molar-refractivity contribution >= 4 is 23.2 Å². The molecule has 0 atom stereocenters. The minimum absolute atomic E-state index is 0.104. The molecule has 0 radical (unpaired) electrons. The lowest BCUT2D eigenvalue weighted by Crippen LogP contribution is -2.04. The quantitative estimate of drug-likeness (QED) is 0.618. The van der Waals surface area contributed by atoms with E-state index in [4.69, 9.17) is 23.2 Å². The SMILES string of the molecule is Cc1c(O)c(O)n(CCCn2ccnc2)c1-c1cc(Cl)cc(Cl)c1O. The Labute approximate surface area is 154 Å². The fourth-order valence-electron chi connectivity index (χ4n) is 2.86. The van der Waals surface area contributed by atoms with Gasteiger partial charge in [-0.3, -0.25) is 0 Å². The highest BCUT2D eigenvalue weighted by Gasteiger charge is 2.23. The molecule has 0 saturated heterocycles. The van der Waals surface area contributed by atoms with E-state index >= 15 is 0 Å². The summed E-state index contributed by atoms with van der Waals surface area (Å²) in [5.41, 5.74) is 1.27. The van der Waals surface area contributed by atoms with E-state index in [1.165, 1.54) is 6.07 Å². The molecule has 2 aromatic heterocycles. The summed E-state index contributed by atoms with van der Waals surface area (Å²) in [4.78, 5) is 3.98. The minimum atomic E-state index is -0.256. The number of phenolic OH excluding ortho intramolecular Hbond substituents is 1. The lowest BCUT2D eigenvalue weighted by molar-refractivity contribution is 0.367. The molecule has 132 valence electrons. The van der Waals surface area contributed by atoms with Crippen molar-refractivity contribution in [2.75, 3.05) is 0 Å². The lowest BCUT2D eigenvalue weighted by atomic mass is 10.1. The molecule has 3 N–H and O–H groups in total. The summed E-state index contributed by atoms with van der Waals surface area (Å²) in [5.74, 6) is -0.635. The Balaban J connectivity index is 2.00. The van der Waals surface area contributed by atoms with Gasteiger partial charge in [0, 0.05) is 41.6 Å². The number of rotatable bonds is 5. The van der Waals surface area contributed by atoms with Gasteiger partial charge >= 0.3 is 0 Å². The molecule has 25 heavy (non-hydrogen) atoms. The van der Waals surface area contributed by atoms with E-state index < -0.39 is 0 Å². The molecule has 0 aliphatic heterocycles. The summed E-state index contributed by atoms with van der Waals surface area (Å²) in [5, 5.41) is 31.2. The molecular weight excluding hydrogens is 365 g/mol. The largest absolute Gasteiger partial charge is 0.506 e. The molecule has 8 heteroatoms. The first-order chi connectivity index (χ1) is 11.9. The molecular formula is C17H17Cl2N3O3. The van der Waals surface area contributed by atoms with Crippen LogP contribution in [0.25, 0.3) is 11.3 Å². The van der Waals surface area contributed by atoms with E-state index in [0.29, 0.717) is 41.4 Å². The van der Waals surface area contributed by atoms with Crippen LogP contribution < -0.4 is 0 Å². The molecule has 0 bridgehead atoms. The van der Waals surface area contributed by atoms with Crippen LogP contribution in [0.2, 0.25) is 10.0 Å². The van der Waals surface area contributed by atoms with Crippen LogP contribution in [0.5, 0.6) is 17.4 Å². The second-order valence-electron chi connectivity index (χ2n) is 5.74. The van der Waals surface area contributed by atoms with Crippen LogP contribution in [0.15, 0.2) is 30.9 Å². The number of hydrogen-bond acceptors (Lipinski definition) is 4. The van der Waals surface area contributed by atoms with E-state index in [-0.39, 0.29) is 22.4 Å². The smallest absolute Gasteiger partial charge is 0.235 e. The number of phenols is 1. The molecule has 6 nitrogen and oxygen atoms in total. The first-order valence-electron chi connectivity index (χ1n) is 7.65. The van der Waals surface area contributed by atoms with Crippen molar-refractivity contribution in [2.45, 2.75) is 26.4 Å². The zero-order chi connectivity index (χ0) is 18.1. The highest BCUT2D eigenvalue weighted by Crippen LogP contribution is 2.45. The predicted octanol–water partition coefficient (Wildman–Crippen LogP) is 4.17. The average Bonchev–Trinajstić information content (AvgIpc) is 3.15. The Morgan fingerprint density at radius 1 is 1.08 bits per heavy atom. The Kier molecular flexibility index (Phi) is 4.83. The minimum Gasteiger partial charge on any atom is -0.506 e. The molecule has 2 heterocycles. The third-order valence-corrected chi connectivity index (χ3v) is 4.59. The van der Waals surface area contributed by atoms with Gasteiger partial charge in [0.15, 0.2) is 5.75 Å². The zero-order valence-corrected chi connectivity index (χ0v) is 15.0. The van der Waals surface area contributed by atoms with Gasteiger partial charge in [-0.05, 0) is 25.5 Å². The molecule has 0 fully saturated rings. The van der Waals surface area contributed by atoms with Crippen LogP contribution in [0.3, 0.4) is 0 Å². The van der Waals surface area contributed by atoms with Crippen LogP contribution >= 0.6 is 23.2 Å². The van der Waals surface area contributed by atoms with E-state index in [9.17, 15) is 15.3 Å². The van der Waals surface area contributed by atoms with Crippen molar-refractivity contribution in [3.8, 4) is 28.6 Å². The first kappa shape index (κ1) is 17.5. The topological polar surface area (TPSA) is 83.4 Å². The van der Waals surface area contributed by atoms with Crippen LogP contribution in [0.1, 0.15) is 12.0 Å². The second-order valence-corrected chi connectivity index (χ2v) is 6.58. The van der Waals surface area contributed by atoms with Crippen LogP contribution in [-0.4, -0.2) is 29.4 Å². The summed E-state index contributed by atoms with van der Waals surface area (Å²) in [6.45, 7) is 2.77. The van der Waals surface area contributed by atoms with Crippen molar-refractivity contribution in [1.82, 2.24) is 14.1 Å². The number of halogens is 2. The van der Waals surface area contributed by atoms with Gasteiger partial charge in [0.1, 0.15) is 5.75 Å². The number of hydrogen-bond donors (Lipinski definition) is 3. The number of aromatic hydroxyl groups is 3. The highest BCUT2D eigenvalue weighted by atomic mass is 35.5. The summed E-state index contributed by atoms with van der Waals surface area (Å²) >= 11 is 12.1. The monoisotopic (exact) mass is 381 g/mol. The Bertz CT molecular complexity index is 905. The summed E-state index contributed by atoms with van der Waals surface area (Å²) in [6.07, 6.45) is 5.93. The number of imidazole rings is 1. The van der Waals surface area contributed by atoms with Crippen molar-refractivity contribution in [3.05, 3.63) is 46.5 Å². The van der Waals surface area contributed by atoms with Gasteiger partial charge in [0.05, 0.1) is 17.0 Å². The first-order valence-corrected chi connectivity index (χ1v) is 8.41. The van der Waals surface area contributed by atoms with Crippen molar-refractivity contribution < 1.29 is 15.3 Å². The van der Waals surface area contributed by atoms with Crippen LogP contribution in [0.4, 0.5) is 0 Å². The maximum absolute atomic E-state index is 10.3.